The van der Waals surface area contributed by atoms with E-state index >= 15 is 0 Å². The van der Waals surface area contributed by atoms with Crippen LogP contribution in [0.15, 0.2) is 11.4 Å². The van der Waals surface area contributed by atoms with Gasteiger partial charge in [-0.15, -0.1) is 11.3 Å². The van der Waals surface area contributed by atoms with Crippen molar-refractivity contribution in [3.8, 4) is 0 Å². The van der Waals surface area contributed by atoms with E-state index in [0.717, 1.165) is 17.8 Å². The van der Waals surface area contributed by atoms with Crippen molar-refractivity contribution in [2.24, 2.45) is 17.8 Å². The lowest BCUT2D eigenvalue weighted by molar-refractivity contribution is 0.182. The quantitative estimate of drug-likeness (QED) is 0.840. The fourth-order valence-electron chi connectivity index (χ4n) is 3.57. The summed E-state index contributed by atoms with van der Waals surface area (Å²) >= 11 is 1.92. The van der Waals surface area contributed by atoms with Gasteiger partial charge in [0, 0.05) is 10.9 Å². The first-order valence-electron chi connectivity index (χ1n) is 6.83. The summed E-state index contributed by atoms with van der Waals surface area (Å²) in [5.74, 6) is 2.59. The molecule has 1 nitrogen and oxygen atoms in total. The maximum Gasteiger partial charge on any atom is 0.0443 e. The van der Waals surface area contributed by atoms with Gasteiger partial charge in [-0.1, -0.05) is 13.8 Å². The van der Waals surface area contributed by atoms with Crippen LogP contribution < -0.4 is 5.32 Å². The molecule has 1 N–H and O–H groups in total. The van der Waals surface area contributed by atoms with Crippen LogP contribution in [0.4, 0.5) is 0 Å². The van der Waals surface area contributed by atoms with Crippen molar-refractivity contribution in [3.05, 3.63) is 21.9 Å². The summed E-state index contributed by atoms with van der Waals surface area (Å²) in [5, 5.41) is 5.79. The first kappa shape index (κ1) is 13.1. The Morgan fingerprint density at radius 2 is 1.88 bits per heavy atom. The molecule has 1 heterocycles. The SMILES string of the molecule is CNC(c1sccc1C)C1CC(C)CC(C)C1. The van der Waals surface area contributed by atoms with Crippen molar-refractivity contribution in [1.82, 2.24) is 5.32 Å². The molecule has 1 saturated carbocycles. The molecule has 2 heteroatoms. The van der Waals surface area contributed by atoms with Crippen LogP contribution in [0.5, 0.6) is 0 Å². The van der Waals surface area contributed by atoms with Gasteiger partial charge in [0.2, 0.25) is 0 Å². The number of aryl methyl sites for hydroxylation is 1. The summed E-state index contributed by atoms with van der Waals surface area (Å²) in [6.45, 7) is 7.07. The van der Waals surface area contributed by atoms with Crippen LogP contribution in [0.25, 0.3) is 0 Å². The Morgan fingerprint density at radius 3 is 2.35 bits per heavy atom. The smallest absolute Gasteiger partial charge is 0.0443 e. The molecule has 3 unspecified atom stereocenters. The molecular formula is C15H25NS. The van der Waals surface area contributed by atoms with Gasteiger partial charge in [-0.2, -0.15) is 0 Å². The number of rotatable bonds is 3. The maximum absolute atomic E-state index is 3.57. The van der Waals surface area contributed by atoms with Crippen LogP contribution in [-0.4, -0.2) is 7.05 Å². The van der Waals surface area contributed by atoms with Gasteiger partial charge in [-0.3, -0.25) is 0 Å². The molecule has 1 aromatic rings. The normalized spacial score (nSPS) is 31.4. The van der Waals surface area contributed by atoms with Crippen LogP contribution >= 0.6 is 11.3 Å². The molecule has 1 aliphatic rings. The van der Waals surface area contributed by atoms with Crippen molar-refractivity contribution in [2.75, 3.05) is 7.05 Å². The summed E-state index contributed by atoms with van der Waals surface area (Å²) in [4.78, 5) is 1.55. The molecule has 0 amide bonds. The minimum absolute atomic E-state index is 0.570. The van der Waals surface area contributed by atoms with Gasteiger partial charge in [0.1, 0.15) is 0 Å². The largest absolute Gasteiger partial charge is 0.312 e. The fraction of sp³-hybridized carbons (Fsp3) is 0.733. The van der Waals surface area contributed by atoms with Crippen molar-refractivity contribution in [3.63, 3.8) is 0 Å². The first-order chi connectivity index (χ1) is 8.11. The van der Waals surface area contributed by atoms with E-state index in [1.807, 2.05) is 11.3 Å². The van der Waals surface area contributed by atoms with Gasteiger partial charge in [-0.25, -0.2) is 0 Å². The zero-order valence-electron chi connectivity index (χ0n) is 11.5. The van der Waals surface area contributed by atoms with Gasteiger partial charge >= 0.3 is 0 Å². The number of thiophene rings is 1. The highest BCUT2D eigenvalue weighted by molar-refractivity contribution is 7.10. The fourth-order valence-corrected chi connectivity index (χ4v) is 4.69. The summed E-state index contributed by atoms with van der Waals surface area (Å²) in [6, 6.07) is 2.82. The highest BCUT2D eigenvalue weighted by atomic mass is 32.1. The second-order valence-electron chi connectivity index (χ2n) is 5.91. The summed E-state index contributed by atoms with van der Waals surface area (Å²) in [7, 11) is 2.12. The Balaban J connectivity index is 2.15. The van der Waals surface area contributed by atoms with E-state index in [9.17, 15) is 0 Å². The van der Waals surface area contributed by atoms with Gasteiger partial charge in [-0.05, 0) is 68.0 Å². The minimum Gasteiger partial charge on any atom is -0.312 e. The number of nitrogens with one attached hydrogen (secondary N) is 1. The third-order valence-corrected chi connectivity index (χ3v) is 5.28. The second-order valence-corrected chi connectivity index (χ2v) is 6.86. The van der Waals surface area contributed by atoms with Crippen molar-refractivity contribution in [2.45, 2.75) is 46.1 Å². The monoisotopic (exact) mass is 251 g/mol. The summed E-state index contributed by atoms with van der Waals surface area (Å²) in [6.07, 6.45) is 4.18. The van der Waals surface area contributed by atoms with E-state index in [1.54, 1.807) is 4.88 Å². The molecule has 0 radical (unpaired) electrons. The zero-order valence-corrected chi connectivity index (χ0v) is 12.3. The Labute approximate surface area is 110 Å². The molecule has 0 aliphatic heterocycles. The van der Waals surface area contributed by atoms with Gasteiger partial charge in [0.25, 0.3) is 0 Å². The Kier molecular flexibility index (Phi) is 4.26. The number of hydrogen-bond donors (Lipinski definition) is 1. The highest BCUT2D eigenvalue weighted by Gasteiger charge is 2.31. The van der Waals surface area contributed by atoms with Crippen molar-refractivity contribution >= 4 is 11.3 Å². The predicted molar refractivity (Wildman–Crippen MR) is 76.5 cm³/mol. The molecule has 1 aliphatic carbocycles. The average Bonchev–Trinajstić information content (AvgIpc) is 2.65. The van der Waals surface area contributed by atoms with Gasteiger partial charge in [0.15, 0.2) is 0 Å². The maximum atomic E-state index is 3.57. The zero-order chi connectivity index (χ0) is 12.4. The topological polar surface area (TPSA) is 12.0 Å². The van der Waals surface area contributed by atoms with Crippen LogP contribution in [0.1, 0.15) is 49.6 Å². The van der Waals surface area contributed by atoms with Crippen LogP contribution in [0.2, 0.25) is 0 Å². The van der Waals surface area contributed by atoms with Gasteiger partial charge < -0.3 is 5.32 Å². The Hall–Kier alpha value is -0.340. The third kappa shape index (κ3) is 2.92. The van der Waals surface area contributed by atoms with Gasteiger partial charge in [0.05, 0.1) is 0 Å². The van der Waals surface area contributed by atoms with Crippen molar-refractivity contribution in [1.29, 1.82) is 0 Å². The minimum atomic E-state index is 0.570. The van der Waals surface area contributed by atoms with E-state index in [2.05, 4.69) is 44.6 Å². The molecule has 0 saturated heterocycles. The number of hydrogen-bond acceptors (Lipinski definition) is 2. The van der Waals surface area contributed by atoms with Crippen LogP contribution in [0.3, 0.4) is 0 Å². The molecule has 1 fully saturated rings. The van der Waals surface area contributed by atoms with E-state index in [1.165, 1.54) is 24.8 Å². The lowest BCUT2D eigenvalue weighted by Gasteiger charge is -2.36. The first-order valence-corrected chi connectivity index (χ1v) is 7.71. The second kappa shape index (κ2) is 5.53. The molecule has 2 rings (SSSR count). The summed E-state index contributed by atoms with van der Waals surface area (Å²) < 4.78 is 0. The lowest BCUT2D eigenvalue weighted by atomic mass is 9.73. The van der Waals surface area contributed by atoms with Crippen LogP contribution in [-0.2, 0) is 0 Å². The molecule has 17 heavy (non-hydrogen) atoms. The van der Waals surface area contributed by atoms with Crippen molar-refractivity contribution < 1.29 is 0 Å². The van der Waals surface area contributed by atoms with E-state index in [-0.39, 0.29) is 0 Å². The molecule has 96 valence electrons. The van der Waals surface area contributed by atoms with Crippen LogP contribution in [0, 0.1) is 24.7 Å². The summed E-state index contributed by atoms with van der Waals surface area (Å²) in [5.41, 5.74) is 1.46. The highest BCUT2D eigenvalue weighted by Crippen LogP contribution is 2.41. The predicted octanol–water partition coefficient (Wildman–Crippen LogP) is 4.39. The lowest BCUT2D eigenvalue weighted by Crippen LogP contribution is -2.31. The Morgan fingerprint density at radius 1 is 1.24 bits per heavy atom. The third-order valence-electron chi connectivity index (χ3n) is 4.18. The average molecular weight is 251 g/mol. The van der Waals surface area contributed by atoms with E-state index < -0.39 is 0 Å². The molecular weight excluding hydrogens is 226 g/mol. The standard InChI is InChI=1S/C15H25NS/c1-10-7-11(2)9-13(8-10)14(16-4)15-12(3)5-6-17-15/h5-6,10-11,13-14,16H,7-9H2,1-4H3. The molecule has 0 aromatic carbocycles. The Bertz CT molecular complexity index is 348. The molecule has 1 aromatic heterocycles. The van der Waals surface area contributed by atoms with E-state index in [4.69, 9.17) is 0 Å². The molecule has 3 atom stereocenters. The van der Waals surface area contributed by atoms with E-state index in [0.29, 0.717) is 6.04 Å². The molecule has 0 spiro atoms. The molecule has 0 bridgehead atoms.